The number of aryl methyl sites for hydroxylation is 1. The van der Waals surface area contributed by atoms with Crippen molar-refractivity contribution in [3.63, 3.8) is 0 Å². The molecule has 0 aliphatic rings. The van der Waals surface area contributed by atoms with Gasteiger partial charge < -0.3 is 5.73 Å². The second kappa shape index (κ2) is 5.38. The molecule has 0 heterocycles. The molecule has 0 spiro atoms. The number of anilines is 1. The van der Waals surface area contributed by atoms with Crippen molar-refractivity contribution in [1.29, 1.82) is 0 Å². The van der Waals surface area contributed by atoms with Crippen molar-refractivity contribution in [3.8, 4) is 12.3 Å². The molecule has 0 aromatic heterocycles. The lowest BCUT2D eigenvalue weighted by Crippen LogP contribution is -2.33. The normalized spacial score (nSPS) is 13.0. The Labute approximate surface area is 106 Å². The van der Waals surface area contributed by atoms with Gasteiger partial charge in [-0.3, -0.25) is 0 Å². The minimum atomic E-state index is -3.79. The van der Waals surface area contributed by atoms with Gasteiger partial charge in [-0.15, -0.1) is 6.42 Å². The van der Waals surface area contributed by atoms with Crippen molar-refractivity contribution in [2.45, 2.75) is 31.2 Å². The zero-order chi connectivity index (χ0) is 13.9. The topological polar surface area (TPSA) is 72.2 Å². The van der Waals surface area contributed by atoms with Gasteiger partial charge >= 0.3 is 0 Å². The number of nitrogen functional groups attached to an aromatic ring is 1. The van der Waals surface area contributed by atoms with Crippen molar-refractivity contribution >= 4 is 15.7 Å². The van der Waals surface area contributed by atoms with Crippen LogP contribution in [0.1, 0.15) is 18.9 Å². The highest BCUT2D eigenvalue weighted by molar-refractivity contribution is 7.89. The number of nitrogens with two attached hydrogens (primary N) is 1. The van der Waals surface area contributed by atoms with Gasteiger partial charge in [-0.2, -0.15) is 4.72 Å². The van der Waals surface area contributed by atoms with Gasteiger partial charge in [0.05, 0.1) is 16.6 Å². The number of benzene rings is 1. The first-order valence-electron chi connectivity index (χ1n) is 5.36. The van der Waals surface area contributed by atoms with E-state index >= 15 is 0 Å². The minimum absolute atomic E-state index is 0.0601. The summed E-state index contributed by atoms with van der Waals surface area (Å²) < 4.78 is 39.6. The van der Waals surface area contributed by atoms with Gasteiger partial charge in [-0.25, -0.2) is 12.8 Å². The molecule has 1 unspecified atom stereocenters. The number of rotatable bonds is 4. The largest absolute Gasteiger partial charge is 0.396 e. The van der Waals surface area contributed by atoms with Crippen molar-refractivity contribution in [3.05, 3.63) is 23.5 Å². The van der Waals surface area contributed by atoms with Crippen LogP contribution in [0.25, 0.3) is 0 Å². The van der Waals surface area contributed by atoms with Crippen LogP contribution in [0.4, 0.5) is 10.1 Å². The van der Waals surface area contributed by atoms with E-state index in [1.165, 1.54) is 6.92 Å². The molecule has 0 radical (unpaired) electrons. The van der Waals surface area contributed by atoms with E-state index in [-0.39, 0.29) is 16.1 Å². The van der Waals surface area contributed by atoms with Crippen molar-refractivity contribution in [1.82, 2.24) is 4.72 Å². The van der Waals surface area contributed by atoms with E-state index in [1.54, 1.807) is 6.92 Å². The van der Waals surface area contributed by atoms with Crippen LogP contribution in [0.2, 0.25) is 0 Å². The lowest BCUT2D eigenvalue weighted by Gasteiger charge is -2.13. The van der Waals surface area contributed by atoms with Gasteiger partial charge in [0, 0.05) is 0 Å². The molecular formula is C12H15FN2O2S. The third-order valence-corrected chi connectivity index (χ3v) is 4.10. The van der Waals surface area contributed by atoms with Crippen LogP contribution in [-0.4, -0.2) is 14.5 Å². The van der Waals surface area contributed by atoms with Crippen LogP contribution in [0, 0.1) is 25.1 Å². The summed E-state index contributed by atoms with van der Waals surface area (Å²) in [4.78, 5) is -0.0601. The summed E-state index contributed by atoms with van der Waals surface area (Å²) in [5.74, 6) is 1.68. The summed E-state index contributed by atoms with van der Waals surface area (Å²) in [5.41, 5.74) is 5.44. The Morgan fingerprint density at radius 2 is 2.17 bits per heavy atom. The molecule has 18 heavy (non-hydrogen) atoms. The Hall–Kier alpha value is -1.58. The van der Waals surface area contributed by atoms with Crippen molar-refractivity contribution in [2.24, 2.45) is 0 Å². The monoisotopic (exact) mass is 270 g/mol. The lowest BCUT2D eigenvalue weighted by molar-refractivity contribution is 0.569. The van der Waals surface area contributed by atoms with Gasteiger partial charge in [0.15, 0.2) is 0 Å². The number of hydrogen-bond donors (Lipinski definition) is 2. The highest BCUT2D eigenvalue weighted by Crippen LogP contribution is 2.21. The molecule has 1 atom stereocenters. The number of terminal acetylenes is 1. The molecule has 0 aliphatic carbocycles. The van der Waals surface area contributed by atoms with Crippen LogP contribution in [-0.2, 0) is 10.0 Å². The van der Waals surface area contributed by atoms with Crippen LogP contribution >= 0.6 is 0 Å². The lowest BCUT2D eigenvalue weighted by atomic mass is 10.2. The third kappa shape index (κ3) is 3.00. The SMILES string of the molecule is C#CC(CC)NS(=O)(=O)c1cc(N)c(F)cc1C. The molecule has 0 fully saturated rings. The Balaban J connectivity index is 3.22. The molecular weight excluding hydrogens is 255 g/mol. The Bertz CT molecular complexity index is 591. The number of nitrogens with one attached hydrogen (secondary N) is 1. The Morgan fingerprint density at radius 1 is 1.56 bits per heavy atom. The van der Waals surface area contributed by atoms with Gasteiger partial charge in [-0.05, 0) is 31.0 Å². The maximum absolute atomic E-state index is 13.2. The second-order valence-corrected chi connectivity index (χ2v) is 5.57. The average molecular weight is 270 g/mol. The summed E-state index contributed by atoms with van der Waals surface area (Å²) in [6, 6.07) is 1.58. The third-order valence-electron chi connectivity index (χ3n) is 2.49. The molecule has 0 amide bonds. The predicted octanol–water partition coefficient (Wildman–Crippen LogP) is 1.41. The Morgan fingerprint density at radius 3 is 2.67 bits per heavy atom. The van der Waals surface area contributed by atoms with Gasteiger partial charge in [0.1, 0.15) is 5.82 Å². The summed E-state index contributed by atoms with van der Waals surface area (Å²) >= 11 is 0. The maximum Gasteiger partial charge on any atom is 0.241 e. The molecule has 1 aromatic carbocycles. The van der Waals surface area contributed by atoms with Crippen LogP contribution < -0.4 is 10.5 Å². The molecule has 3 N–H and O–H groups in total. The maximum atomic E-state index is 13.2. The van der Waals surface area contributed by atoms with E-state index in [0.29, 0.717) is 6.42 Å². The molecule has 1 rings (SSSR count). The molecule has 4 nitrogen and oxygen atoms in total. The van der Waals surface area contributed by atoms with Crippen molar-refractivity contribution < 1.29 is 12.8 Å². The van der Waals surface area contributed by atoms with Crippen LogP contribution in [0.5, 0.6) is 0 Å². The van der Waals surface area contributed by atoms with Crippen molar-refractivity contribution in [2.75, 3.05) is 5.73 Å². The van der Waals surface area contributed by atoms with Gasteiger partial charge in [0.25, 0.3) is 0 Å². The molecule has 0 saturated heterocycles. The summed E-state index contributed by atoms with van der Waals surface area (Å²) in [6.45, 7) is 3.26. The zero-order valence-corrected chi connectivity index (χ0v) is 11.0. The first kappa shape index (κ1) is 14.5. The molecule has 1 aromatic rings. The van der Waals surface area contributed by atoms with E-state index in [0.717, 1.165) is 12.1 Å². The van der Waals surface area contributed by atoms with Crippen LogP contribution in [0.15, 0.2) is 17.0 Å². The number of halogens is 1. The highest BCUT2D eigenvalue weighted by atomic mass is 32.2. The van der Waals surface area contributed by atoms with E-state index < -0.39 is 21.9 Å². The molecule has 98 valence electrons. The van der Waals surface area contributed by atoms with Crippen LogP contribution in [0.3, 0.4) is 0 Å². The summed E-state index contributed by atoms with van der Waals surface area (Å²) in [5, 5.41) is 0. The standard InChI is InChI=1S/C12H15FN2O2S/c1-4-9(5-2)15-18(16,17)12-7-11(14)10(13)6-8(12)3/h1,6-7,9,15H,5,14H2,2-3H3. The van der Waals surface area contributed by atoms with E-state index in [9.17, 15) is 12.8 Å². The fourth-order valence-corrected chi connectivity index (χ4v) is 2.95. The molecule has 0 aliphatic heterocycles. The average Bonchev–Trinajstić information content (AvgIpc) is 2.30. The second-order valence-electron chi connectivity index (χ2n) is 3.89. The number of hydrogen-bond acceptors (Lipinski definition) is 3. The van der Waals surface area contributed by atoms with E-state index in [2.05, 4.69) is 10.6 Å². The smallest absolute Gasteiger partial charge is 0.241 e. The molecule has 0 bridgehead atoms. The summed E-state index contributed by atoms with van der Waals surface area (Å²) in [7, 11) is -3.79. The first-order chi connectivity index (χ1) is 8.31. The predicted molar refractivity (Wildman–Crippen MR) is 68.8 cm³/mol. The summed E-state index contributed by atoms with van der Waals surface area (Å²) in [6.07, 6.45) is 5.66. The van der Waals surface area contributed by atoms with Gasteiger partial charge in [-0.1, -0.05) is 12.8 Å². The first-order valence-corrected chi connectivity index (χ1v) is 6.84. The van der Waals surface area contributed by atoms with E-state index in [4.69, 9.17) is 12.2 Å². The highest BCUT2D eigenvalue weighted by Gasteiger charge is 2.21. The Kier molecular flexibility index (Phi) is 4.33. The minimum Gasteiger partial charge on any atom is -0.396 e. The molecule has 0 saturated carbocycles. The molecule has 6 heteroatoms. The fraction of sp³-hybridized carbons (Fsp3) is 0.333. The quantitative estimate of drug-likeness (QED) is 0.642. The van der Waals surface area contributed by atoms with E-state index in [1.807, 2.05) is 0 Å². The fourth-order valence-electron chi connectivity index (χ4n) is 1.44. The zero-order valence-electron chi connectivity index (χ0n) is 10.2. The van der Waals surface area contributed by atoms with Gasteiger partial charge in [0.2, 0.25) is 10.0 Å². The number of sulfonamides is 1.